The Bertz CT molecular complexity index is 1390. The maximum Gasteiger partial charge on any atom is 0.324 e. The number of nitrogens with one attached hydrogen (secondary N) is 1. The number of carbonyl (C=O) groups excluding carboxylic acids is 3. The van der Waals surface area contributed by atoms with Crippen LogP contribution in [0.1, 0.15) is 113 Å². The van der Waals surface area contributed by atoms with Crippen LogP contribution < -0.4 is 11.1 Å². The second kappa shape index (κ2) is 17.2. The van der Waals surface area contributed by atoms with Gasteiger partial charge in [0.25, 0.3) is 0 Å². The van der Waals surface area contributed by atoms with Crippen LogP contribution in [-0.2, 0) is 23.9 Å². The summed E-state index contributed by atoms with van der Waals surface area (Å²) in [6, 6.07) is -2.25. The van der Waals surface area contributed by atoms with Crippen molar-refractivity contribution >= 4 is 46.5 Å². The second-order valence-electron chi connectivity index (χ2n) is 14.5. The molecule has 0 saturated heterocycles. The Morgan fingerprint density at radius 1 is 0.979 bits per heavy atom. The number of rotatable bonds is 17. The summed E-state index contributed by atoms with van der Waals surface area (Å²) in [4.78, 5) is 48.9. The first-order valence-electron chi connectivity index (χ1n) is 17.1. The largest absolute Gasteiger partial charge is 0.459 e. The third-order valence-electron chi connectivity index (χ3n) is 7.95. The molecule has 1 saturated carbocycles. The number of fused-ring (bicyclic) bond motifs is 1. The Morgan fingerprint density at radius 3 is 2.27 bits per heavy atom. The van der Waals surface area contributed by atoms with Gasteiger partial charge in [-0.3, -0.25) is 14.4 Å². The molecule has 0 radical (unpaired) electrons. The smallest absolute Gasteiger partial charge is 0.324 e. The van der Waals surface area contributed by atoms with E-state index in [2.05, 4.69) is 34.5 Å². The first-order chi connectivity index (χ1) is 22.5. The summed E-state index contributed by atoms with van der Waals surface area (Å²) in [6.07, 6.45) is 3.11. The van der Waals surface area contributed by atoms with E-state index in [0.29, 0.717) is 22.1 Å². The van der Waals surface area contributed by atoms with Gasteiger partial charge in [-0.2, -0.15) is 0 Å². The van der Waals surface area contributed by atoms with Gasteiger partial charge in [0.2, 0.25) is 0 Å². The van der Waals surface area contributed by atoms with Gasteiger partial charge in [-0.1, -0.05) is 50.1 Å². The van der Waals surface area contributed by atoms with Crippen molar-refractivity contribution in [1.29, 1.82) is 0 Å². The maximum absolute atomic E-state index is 13.5. The van der Waals surface area contributed by atoms with Gasteiger partial charge in [0.1, 0.15) is 35.0 Å². The van der Waals surface area contributed by atoms with Crippen molar-refractivity contribution in [2.24, 2.45) is 17.6 Å². The summed E-state index contributed by atoms with van der Waals surface area (Å²) < 4.78 is 12.3. The molecule has 1 aliphatic carbocycles. The zero-order valence-corrected chi connectivity index (χ0v) is 30.5. The number of unbranched alkanes of at least 4 members (excludes halogenated alkanes) is 3. The van der Waals surface area contributed by atoms with E-state index in [9.17, 15) is 24.6 Å². The van der Waals surface area contributed by atoms with E-state index in [0.717, 1.165) is 44.4 Å². The van der Waals surface area contributed by atoms with E-state index in [-0.39, 0.29) is 19.3 Å². The molecule has 2 aromatic rings. The Balaban J connectivity index is 1.81. The van der Waals surface area contributed by atoms with Gasteiger partial charge in [0.05, 0.1) is 12.1 Å². The molecule has 6 atom stereocenters. The van der Waals surface area contributed by atoms with E-state index in [1.807, 2.05) is 0 Å². The molecule has 0 aromatic carbocycles. The Kier molecular flexibility index (Phi) is 14.2. The van der Waals surface area contributed by atoms with Crippen LogP contribution in [0.4, 0.5) is 5.82 Å². The molecule has 48 heavy (non-hydrogen) atoms. The van der Waals surface area contributed by atoms with Gasteiger partial charge in [0.15, 0.2) is 22.1 Å². The molecule has 2 aromatic heterocycles. The van der Waals surface area contributed by atoms with Crippen LogP contribution in [0.15, 0.2) is 5.16 Å². The summed E-state index contributed by atoms with van der Waals surface area (Å²) in [7, 11) is 0. The average molecular weight is 694 g/mol. The highest BCUT2D eigenvalue weighted by Crippen LogP contribution is 2.39. The number of Topliss-reactive ketones (excluding diaryl/α,β-unsaturated/α-hetero) is 1. The Hall–Kier alpha value is -2.88. The minimum Gasteiger partial charge on any atom is -0.459 e. The summed E-state index contributed by atoms with van der Waals surface area (Å²) in [5.41, 5.74) is 5.26. The molecule has 1 aliphatic rings. The maximum atomic E-state index is 13.5. The minimum atomic E-state index is -1.60. The number of aromatic nitrogens is 5. The van der Waals surface area contributed by atoms with Crippen molar-refractivity contribution in [2.45, 2.75) is 147 Å². The fraction of sp³-hybridized carbons (Fsp3) is 0.788. The van der Waals surface area contributed by atoms with Crippen LogP contribution in [0.2, 0.25) is 0 Å². The molecule has 0 spiro atoms. The first kappa shape index (κ1) is 39.6. The topological polar surface area (TPSA) is 205 Å². The Labute approximate surface area is 287 Å². The number of anilines is 1. The van der Waals surface area contributed by atoms with Crippen molar-refractivity contribution in [1.82, 2.24) is 25.0 Å². The summed E-state index contributed by atoms with van der Waals surface area (Å²) in [5, 5.41) is 34.9. The zero-order valence-electron chi connectivity index (χ0n) is 29.7. The SMILES string of the molecule is CCCCCCNc1nc(SCCC)nc2c1nnn2C1CC(CCC(=O)C(C(=O)OC(C)(C)C)[C@H](N)C(=O)OC(C)(C)C)C(O)C1O. The van der Waals surface area contributed by atoms with Crippen molar-refractivity contribution in [2.75, 3.05) is 17.6 Å². The number of esters is 2. The lowest BCUT2D eigenvalue weighted by Gasteiger charge is -2.28. The fourth-order valence-electron chi connectivity index (χ4n) is 5.63. The molecule has 15 heteroatoms. The van der Waals surface area contributed by atoms with E-state index >= 15 is 0 Å². The number of nitrogens with zero attached hydrogens (tertiary/aromatic N) is 5. The van der Waals surface area contributed by atoms with Gasteiger partial charge in [-0.15, -0.1) is 5.10 Å². The molecule has 0 amide bonds. The van der Waals surface area contributed by atoms with Gasteiger partial charge < -0.3 is 30.7 Å². The second-order valence-corrected chi connectivity index (χ2v) is 15.6. The minimum absolute atomic E-state index is 0.123. The Morgan fingerprint density at radius 2 is 1.65 bits per heavy atom. The fourth-order valence-corrected chi connectivity index (χ4v) is 6.33. The van der Waals surface area contributed by atoms with Crippen LogP contribution in [0, 0.1) is 11.8 Å². The lowest BCUT2D eigenvalue weighted by atomic mass is 9.89. The molecule has 5 N–H and O–H groups in total. The first-order valence-corrected chi connectivity index (χ1v) is 18.1. The highest BCUT2D eigenvalue weighted by molar-refractivity contribution is 7.99. The van der Waals surface area contributed by atoms with Crippen molar-refractivity contribution < 1.29 is 34.1 Å². The molecular formula is C33H55N7O7S. The molecule has 270 valence electrons. The number of thioether (sulfide) groups is 1. The van der Waals surface area contributed by atoms with Gasteiger partial charge in [-0.05, 0) is 73.1 Å². The number of hydrogen-bond donors (Lipinski definition) is 4. The number of nitrogens with two attached hydrogens (primary N) is 1. The van der Waals surface area contributed by atoms with E-state index in [1.54, 1.807) is 41.5 Å². The normalized spacial score (nSPS) is 21.2. The molecule has 5 unspecified atom stereocenters. The third-order valence-corrected chi connectivity index (χ3v) is 9.01. The van der Waals surface area contributed by atoms with Crippen molar-refractivity contribution in [3.63, 3.8) is 0 Å². The molecule has 1 fully saturated rings. The summed E-state index contributed by atoms with van der Waals surface area (Å²) in [5.74, 6) is -3.15. The third kappa shape index (κ3) is 10.8. The van der Waals surface area contributed by atoms with Crippen molar-refractivity contribution in [3.8, 4) is 0 Å². The van der Waals surface area contributed by atoms with Crippen LogP contribution in [0.25, 0.3) is 11.2 Å². The number of aliphatic hydroxyl groups excluding tert-OH is 2. The number of ether oxygens (including phenoxy) is 2. The monoisotopic (exact) mass is 693 g/mol. The van der Waals surface area contributed by atoms with E-state index in [4.69, 9.17) is 20.2 Å². The zero-order chi connectivity index (χ0) is 35.8. The van der Waals surface area contributed by atoms with Gasteiger partial charge in [0, 0.05) is 18.7 Å². The molecule has 3 rings (SSSR count). The van der Waals surface area contributed by atoms with E-state index < -0.39 is 65.1 Å². The number of hydrogen-bond acceptors (Lipinski definition) is 14. The predicted octanol–water partition coefficient (Wildman–Crippen LogP) is 3.97. The molecular weight excluding hydrogens is 638 g/mol. The number of ketones is 1. The van der Waals surface area contributed by atoms with E-state index in [1.165, 1.54) is 16.4 Å². The van der Waals surface area contributed by atoms with Crippen molar-refractivity contribution in [3.05, 3.63) is 0 Å². The highest BCUT2D eigenvalue weighted by atomic mass is 32.2. The summed E-state index contributed by atoms with van der Waals surface area (Å²) >= 11 is 1.52. The van der Waals surface area contributed by atoms with Crippen LogP contribution in [0.3, 0.4) is 0 Å². The molecule has 2 heterocycles. The lowest BCUT2D eigenvalue weighted by molar-refractivity contribution is -0.171. The van der Waals surface area contributed by atoms with Gasteiger partial charge in [-0.25, -0.2) is 14.6 Å². The van der Waals surface area contributed by atoms with Crippen LogP contribution >= 0.6 is 11.8 Å². The lowest BCUT2D eigenvalue weighted by Crippen LogP contribution is -2.50. The number of carbonyl (C=O) groups is 3. The number of aliphatic hydroxyl groups is 2. The standard InChI is InChI=1S/C33H55N7O7S/c1-9-11-12-13-16-35-27-24-28(37-31(36-27)48-17-10-2)40(39-38-24)20-18-19(25(42)26(20)43)14-15-21(41)22(29(44)46-32(3,4)5)23(34)30(45)47-33(6,7)8/h19-20,22-23,25-26,42-43H,9-18,34H2,1-8H3,(H,35,36,37)/t19?,20?,22?,23-,25?,26?/m0/s1. The predicted molar refractivity (Wildman–Crippen MR) is 183 cm³/mol. The molecule has 0 bridgehead atoms. The van der Waals surface area contributed by atoms with Gasteiger partial charge >= 0.3 is 11.9 Å². The summed E-state index contributed by atoms with van der Waals surface area (Å²) in [6.45, 7) is 14.9. The van der Waals surface area contributed by atoms with Crippen LogP contribution in [0.5, 0.6) is 0 Å². The quantitative estimate of drug-likeness (QED) is 0.0609. The molecule has 14 nitrogen and oxygen atoms in total. The van der Waals surface area contributed by atoms with Crippen LogP contribution in [-0.4, -0.2) is 94.6 Å². The average Bonchev–Trinajstić information content (AvgIpc) is 3.53. The molecule has 0 aliphatic heterocycles. The highest BCUT2D eigenvalue weighted by Gasteiger charge is 2.46.